The zero-order valence-corrected chi connectivity index (χ0v) is 45.6. The Morgan fingerprint density at radius 1 is 0.333 bits per heavy atom. The van der Waals surface area contributed by atoms with Crippen molar-refractivity contribution in [2.45, 2.75) is 222 Å². The number of aromatic nitrogens is 1. The molecule has 35 atom stereocenters. The van der Waals surface area contributed by atoms with Crippen LogP contribution in [-0.2, 0) is 77.7 Å². The maximum atomic E-state index is 12.2. The van der Waals surface area contributed by atoms with Gasteiger partial charge in [0.15, 0.2) is 44.0 Å². The fourth-order valence-corrected chi connectivity index (χ4v) is 11.4. The molecule has 0 radical (unpaired) electrons. The van der Waals surface area contributed by atoms with Crippen molar-refractivity contribution in [1.29, 1.82) is 0 Å². The zero-order valence-electron chi connectivity index (χ0n) is 45.6. The first-order valence-electron chi connectivity index (χ1n) is 27.7. The Hall–Kier alpha value is -2.78. The van der Waals surface area contributed by atoms with Crippen molar-refractivity contribution in [3.8, 4) is 0 Å². The van der Waals surface area contributed by atoms with E-state index in [9.17, 15) is 102 Å². The van der Waals surface area contributed by atoms with Crippen LogP contribution in [0, 0.1) is 0 Å². The standard InChI is InChI=1S/C49H76N2O36/c52-5-15-35-22(59)28(65)44(74-15)82-37-17(7-54)76-46(30(67)24(37)61)84-39-19(9-56)78-48(32(69)26(39)63)86-41-21(11-58)80-49(42(34(41)71)73-12-13-1-2-14(4-51-72)50-3-13)87-40-20(10-57)79-47(33(70)27(40)64)85-38-18(8-55)77-45(31(68)25(38)62)83-36-16(6-53)75-43(81-35)29(66)23(36)60/h1-4,15-49,52-72H,5-12H2/b51-4+/t15-,16-,17-,18-,19-,20-,21-,22-,23-,24-,25-,26-,27-,28-,29-,30-,31-,32-,33-,34+,35-,36-,37-,38-,39-,40-,41-,42-,43-,44-,45-,46-,47-,48-,49-/m1/s1. The van der Waals surface area contributed by atoms with Crippen molar-refractivity contribution >= 4 is 6.21 Å². The summed E-state index contributed by atoms with van der Waals surface area (Å²) in [5.41, 5.74) is 0.503. The molecule has 1 aromatic heterocycles. The molecule has 22 heterocycles. The minimum atomic E-state index is -2.23. The van der Waals surface area contributed by atoms with Crippen LogP contribution in [-0.4, -0.2) is 380 Å². The van der Waals surface area contributed by atoms with Gasteiger partial charge in [0.25, 0.3) is 0 Å². The molecule has 0 spiro atoms. The molecule has 38 heteroatoms. The zero-order chi connectivity index (χ0) is 62.9. The van der Waals surface area contributed by atoms with Crippen LogP contribution in [0.1, 0.15) is 11.3 Å². The molecule has 21 saturated heterocycles. The van der Waals surface area contributed by atoms with Crippen LogP contribution in [0.4, 0.5) is 0 Å². The molecule has 14 bridgehead atoms. The first kappa shape index (κ1) is 68.6. The van der Waals surface area contributed by atoms with Crippen molar-refractivity contribution in [3.05, 3.63) is 29.6 Å². The summed E-state index contributed by atoms with van der Waals surface area (Å²) >= 11 is 0. The van der Waals surface area contributed by atoms with Crippen LogP contribution in [0.3, 0.4) is 0 Å². The highest BCUT2D eigenvalue weighted by atomic mass is 16.8. The van der Waals surface area contributed by atoms with Crippen LogP contribution in [0.25, 0.3) is 0 Å². The lowest BCUT2D eigenvalue weighted by atomic mass is 9.95. The molecule has 21 N–H and O–H groups in total. The third-order valence-corrected chi connectivity index (χ3v) is 16.2. The predicted octanol–water partition coefficient (Wildman–Crippen LogP) is -13.8. The molecule has 0 saturated carbocycles. The summed E-state index contributed by atoms with van der Waals surface area (Å²) in [7, 11) is 0. The van der Waals surface area contributed by atoms with Crippen molar-refractivity contribution in [2.75, 3.05) is 46.2 Å². The molecule has 0 aliphatic carbocycles. The van der Waals surface area contributed by atoms with E-state index in [0.717, 1.165) is 6.21 Å². The number of aliphatic hydroxyl groups is 20. The first-order valence-corrected chi connectivity index (χ1v) is 27.7. The van der Waals surface area contributed by atoms with Crippen molar-refractivity contribution in [2.24, 2.45) is 5.16 Å². The highest BCUT2D eigenvalue weighted by molar-refractivity contribution is 5.76. The number of oxime groups is 1. The van der Waals surface area contributed by atoms with Gasteiger partial charge >= 0.3 is 0 Å². The van der Waals surface area contributed by atoms with Gasteiger partial charge in [0.2, 0.25) is 0 Å². The average molecular weight is 1270 g/mol. The second-order valence-electron chi connectivity index (χ2n) is 21.8. The largest absolute Gasteiger partial charge is 0.411 e. The maximum Gasteiger partial charge on any atom is 0.187 e. The van der Waals surface area contributed by atoms with E-state index in [1.54, 1.807) is 0 Å². The number of pyridine rings is 1. The Morgan fingerprint density at radius 2 is 0.575 bits per heavy atom. The lowest BCUT2D eigenvalue weighted by Crippen LogP contribution is -2.68. The van der Waals surface area contributed by atoms with E-state index in [1.165, 1.54) is 18.3 Å². The van der Waals surface area contributed by atoms with Gasteiger partial charge in [0, 0.05) is 6.20 Å². The molecule has 21 aliphatic heterocycles. The molecular formula is C49H76N2O36. The summed E-state index contributed by atoms with van der Waals surface area (Å²) in [6.45, 7) is -7.85. The molecule has 0 amide bonds. The summed E-state index contributed by atoms with van der Waals surface area (Å²) in [4.78, 5) is 4.10. The molecule has 0 unspecified atom stereocenters. The van der Waals surface area contributed by atoms with Gasteiger partial charge in [-0.2, -0.15) is 0 Å². The molecule has 38 nitrogen and oxygen atoms in total. The van der Waals surface area contributed by atoms with Crippen LogP contribution >= 0.6 is 0 Å². The highest BCUT2D eigenvalue weighted by Gasteiger charge is 2.60. The molecule has 87 heavy (non-hydrogen) atoms. The van der Waals surface area contributed by atoms with E-state index in [2.05, 4.69) is 10.1 Å². The molecule has 21 fully saturated rings. The first-order chi connectivity index (χ1) is 41.6. The topological polar surface area (TPSA) is 589 Å². The predicted molar refractivity (Wildman–Crippen MR) is 265 cm³/mol. The van der Waals surface area contributed by atoms with E-state index in [0.29, 0.717) is 5.56 Å². The maximum absolute atomic E-state index is 12.2. The average Bonchev–Trinajstić information content (AvgIpc) is 1.18. The number of nitrogens with zero attached hydrogens (tertiary/aromatic N) is 2. The minimum absolute atomic E-state index is 0.204. The van der Waals surface area contributed by atoms with Gasteiger partial charge in [0.1, 0.15) is 171 Å². The number of aliphatic hydroxyl groups excluding tert-OH is 20. The van der Waals surface area contributed by atoms with Crippen LogP contribution in [0.2, 0.25) is 0 Å². The van der Waals surface area contributed by atoms with E-state index < -0.39 is 268 Å². The smallest absolute Gasteiger partial charge is 0.187 e. The van der Waals surface area contributed by atoms with Gasteiger partial charge in [-0.3, -0.25) is 4.98 Å². The summed E-state index contributed by atoms with van der Waals surface area (Å²) in [6.07, 6.45) is -67.9. The van der Waals surface area contributed by atoms with E-state index in [4.69, 9.17) is 76.3 Å². The van der Waals surface area contributed by atoms with Gasteiger partial charge in [0.05, 0.1) is 64.8 Å². The van der Waals surface area contributed by atoms with Gasteiger partial charge < -0.3 is 178 Å². The van der Waals surface area contributed by atoms with Gasteiger partial charge in [-0.05, 0) is 11.6 Å². The van der Waals surface area contributed by atoms with Crippen molar-refractivity contribution < 1.29 is 178 Å². The van der Waals surface area contributed by atoms with Gasteiger partial charge in [-0.25, -0.2) is 0 Å². The third-order valence-electron chi connectivity index (χ3n) is 16.2. The molecular weight excluding hydrogens is 1190 g/mol. The summed E-state index contributed by atoms with van der Waals surface area (Å²) in [6, 6.07) is 2.89. The third kappa shape index (κ3) is 14.1. The molecule has 0 aromatic carbocycles. The number of rotatable bonds is 11. The second-order valence-corrected chi connectivity index (χ2v) is 21.8. The van der Waals surface area contributed by atoms with Crippen LogP contribution in [0.5, 0.6) is 0 Å². The Bertz CT molecular complexity index is 2300. The van der Waals surface area contributed by atoms with Crippen molar-refractivity contribution in [1.82, 2.24) is 4.98 Å². The quantitative estimate of drug-likeness (QED) is 0.0556. The number of hydrogen-bond acceptors (Lipinski definition) is 38. The van der Waals surface area contributed by atoms with Crippen LogP contribution in [0.15, 0.2) is 23.5 Å². The number of hydrogen-bond donors (Lipinski definition) is 21. The van der Waals surface area contributed by atoms with Gasteiger partial charge in [-0.1, -0.05) is 11.2 Å². The summed E-state index contributed by atoms with van der Waals surface area (Å²) in [5.74, 6) is 0. The van der Waals surface area contributed by atoms with Gasteiger partial charge in [-0.15, -0.1) is 0 Å². The summed E-state index contributed by atoms with van der Waals surface area (Å²) < 4.78 is 87.5. The fourth-order valence-electron chi connectivity index (χ4n) is 11.4. The monoisotopic (exact) mass is 1270 g/mol. The minimum Gasteiger partial charge on any atom is -0.411 e. The molecule has 498 valence electrons. The normalized spacial score (nSPS) is 50.4. The lowest BCUT2D eigenvalue weighted by molar-refractivity contribution is -0.398. The lowest BCUT2D eigenvalue weighted by Gasteiger charge is -2.50. The number of ether oxygens (including phenoxy) is 15. The Kier molecular flexibility index (Phi) is 23.6. The molecule has 22 rings (SSSR count). The Balaban J connectivity index is 1.03. The van der Waals surface area contributed by atoms with E-state index >= 15 is 0 Å². The summed E-state index contributed by atoms with van der Waals surface area (Å²) in [5, 5.41) is 235. The second kappa shape index (κ2) is 29.9. The van der Waals surface area contributed by atoms with Crippen LogP contribution < -0.4 is 0 Å². The van der Waals surface area contributed by atoms with E-state index in [1.807, 2.05) is 0 Å². The van der Waals surface area contributed by atoms with Crippen molar-refractivity contribution in [3.63, 3.8) is 0 Å². The van der Waals surface area contributed by atoms with E-state index in [-0.39, 0.29) is 5.69 Å². The highest BCUT2D eigenvalue weighted by Crippen LogP contribution is 2.39. The SMILES string of the molecule is OC[C@H]1O[C@@H]2O[C@H]3[C@H](O)[C@@H](O)[C@@H](O[C@H]4[C@H](O)[C@@H](O)[C@@H](O[C@H]5[C@H](O)[C@@H](OCc6ccc(/C=N/O)nc6)[C@@H](O[C@H]6[C@H](O)[C@@H](O)[C@@H](O[C@H]7[C@H](O)[C@@H](O)[C@@H](O[C@H]8[C@H](O)[C@@H](O)[C@@H](O[C@H]1[C@H](O)[C@H]2O)O[C@@H]8CO)O[C@@H]7CO)O[C@@H]6CO)O[C@@H]5CO)O[C@@H]4CO)O[C@@H]3CO. The Morgan fingerprint density at radius 3 is 0.805 bits per heavy atom. The Labute approximate surface area is 491 Å². The fraction of sp³-hybridized carbons (Fsp3) is 0.878. The molecule has 1 aromatic rings. The molecule has 21 aliphatic rings.